The lowest BCUT2D eigenvalue weighted by molar-refractivity contribution is 0.103. The highest BCUT2D eigenvalue weighted by Crippen LogP contribution is 2.49. The lowest BCUT2D eigenvalue weighted by atomic mass is 9.80. The fraction of sp³-hybridized carbons (Fsp3) is 0.0976. The second kappa shape index (κ2) is 9.26. The third-order valence-corrected chi connectivity index (χ3v) is 9.33. The van der Waals surface area contributed by atoms with E-state index in [0.717, 1.165) is 50.9 Å². The number of benzene rings is 6. The van der Waals surface area contributed by atoms with Crippen LogP contribution in [-0.4, -0.2) is 5.78 Å². The van der Waals surface area contributed by atoms with Gasteiger partial charge in [0.15, 0.2) is 5.78 Å². The number of carbonyl (C=O) groups excluding carboxylic acids is 1. The number of ketones is 1. The summed E-state index contributed by atoms with van der Waals surface area (Å²) in [6, 6.07) is 47.3. The lowest BCUT2D eigenvalue weighted by Crippen LogP contribution is -2.15. The molecule has 1 nitrogen and oxygen atoms in total. The number of carbonyl (C=O) groups is 1. The maximum atomic E-state index is 14.0. The molecule has 42 heavy (non-hydrogen) atoms. The van der Waals surface area contributed by atoms with Crippen molar-refractivity contribution in [3.05, 3.63) is 167 Å². The van der Waals surface area contributed by atoms with Gasteiger partial charge in [0, 0.05) is 16.5 Å². The molecule has 0 N–H and O–H groups in total. The van der Waals surface area contributed by atoms with Crippen molar-refractivity contribution < 1.29 is 4.79 Å². The van der Waals surface area contributed by atoms with Gasteiger partial charge in [-0.3, -0.25) is 4.79 Å². The van der Waals surface area contributed by atoms with E-state index in [2.05, 4.69) is 141 Å². The van der Waals surface area contributed by atoms with Crippen molar-refractivity contribution in [1.82, 2.24) is 0 Å². The van der Waals surface area contributed by atoms with E-state index in [-0.39, 0.29) is 11.2 Å². The van der Waals surface area contributed by atoms with Crippen LogP contribution >= 0.6 is 0 Å². The Morgan fingerprint density at radius 2 is 0.905 bits per heavy atom. The molecule has 0 fully saturated rings. The van der Waals surface area contributed by atoms with Gasteiger partial charge in [0.25, 0.3) is 0 Å². The summed E-state index contributed by atoms with van der Waals surface area (Å²) in [6.07, 6.45) is 0.774. The number of hydrogen-bond donors (Lipinski definition) is 0. The van der Waals surface area contributed by atoms with Crippen LogP contribution in [0.4, 0.5) is 0 Å². The number of hydrogen-bond acceptors (Lipinski definition) is 1. The molecule has 0 saturated heterocycles. The minimum absolute atomic E-state index is 0.0550. The van der Waals surface area contributed by atoms with E-state index in [1.165, 1.54) is 33.4 Å². The first-order valence-electron chi connectivity index (χ1n) is 14.7. The summed E-state index contributed by atoms with van der Waals surface area (Å²) >= 11 is 0. The van der Waals surface area contributed by atoms with Crippen LogP contribution in [0.5, 0.6) is 0 Å². The van der Waals surface area contributed by atoms with Crippen LogP contribution in [0.15, 0.2) is 133 Å². The first kappa shape index (κ1) is 24.8. The predicted molar refractivity (Wildman–Crippen MR) is 173 cm³/mol. The molecule has 0 aromatic heterocycles. The molecule has 8 rings (SSSR count). The summed E-state index contributed by atoms with van der Waals surface area (Å²) in [5.41, 5.74) is 16.0. The average Bonchev–Trinajstić information content (AvgIpc) is 3.27. The zero-order valence-corrected chi connectivity index (χ0v) is 23.8. The normalized spacial score (nSPS) is 14.1. The third kappa shape index (κ3) is 3.81. The maximum Gasteiger partial charge on any atom is 0.193 e. The van der Waals surface area contributed by atoms with E-state index >= 15 is 0 Å². The smallest absolute Gasteiger partial charge is 0.193 e. The van der Waals surface area contributed by atoms with E-state index in [9.17, 15) is 4.79 Å². The van der Waals surface area contributed by atoms with Crippen molar-refractivity contribution in [1.29, 1.82) is 0 Å². The highest BCUT2D eigenvalue weighted by molar-refractivity contribution is 6.13. The summed E-state index contributed by atoms with van der Waals surface area (Å²) in [5, 5.41) is 0. The molecular formula is C41H30O. The molecule has 0 atom stereocenters. The maximum absolute atomic E-state index is 14.0. The molecule has 2 aliphatic rings. The van der Waals surface area contributed by atoms with Gasteiger partial charge in [-0.2, -0.15) is 0 Å². The Kier molecular flexibility index (Phi) is 5.46. The van der Waals surface area contributed by atoms with Crippen LogP contribution in [-0.2, 0) is 11.8 Å². The van der Waals surface area contributed by atoms with Gasteiger partial charge in [0.2, 0.25) is 0 Å². The van der Waals surface area contributed by atoms with Crippen LogP contribution in [0.3, 0.4) is 0 Å². The zero-order valence-electron chi connectivity index (χ0n) is 23.8. The van der Waals surface area contributed by atoms with Gasteiger partial charge in [0.05, 0.1) is 0 Å². The quantitative estimate of drug-likeness (QED) is 0.219. The largest absolute Gasteiger partial charge is 0.289 e. The Morgan fingerprint density at radius 3 is 1.60 bits per heavy atom. The van der Waals surface area contributed by atoms with E-state index in [4.69, 9.17) is 0 Å². The van der Waals surface area contributed by atoms with Gasteiger partial charge in [-0.1, -0.05) is 129 Å². The first-order valence-corrected chi connectivity index (χ1v) is 14.7. The van der Waals surface area contributed by atoms with Gasteiger partial charge in [-0.05, 0) is 91.4 Å². The molecule has 0 amide bonds. The molecular weight excluding hydrogens is 508 g/mol. The van der Waals surface area contributed by atoms with Crippen molar-refractivity contribution in [2.75, 3.05) is 0 Å². The summed E-state index contributed by atoms with van der Waals surface area (Å²) in [6.45, 7) is 4.61. The van der Waals surface area contributed by atoms with E-state index in [1.807, 2.05) is 6.07 Å². The van der Waals surface area contributed by atoms with Crippen LogP contribution in [0.1, 0.15) is 52.0 Å². The molecule has 0 saturated carbocycles. The topological polar surface area (TPSA) is 17.1 Å². The summed E-state index contributed by atoms with van der Waals surface area (Å²) in [4.78, 5) is 14.0. The first-order chi connectivity index (χ1) is 20.5. The Balaban J connectivity index is 1.13. The third-order valence-electron chi connectivity index (χ3n) is 9.33. The van der Waals surface area contributed by atoms with Crippen LogP contribution < -0.4 is 0 Å². The second-order valence-corrected chi connectivity index (χ2v) is 12.1. The summed E-state index contributed by atoms with van der Waals surface area (Å²) < 4.78 is 0. The molecule has 0 spiro atoms. The molecule has 2 aliphatic carbocycles. The summed E-state index contributed by atoms with van der Waals surface area (Å²) in [7, 11) is 0. The van der Waals surface area contributed by atoms with Crippen molar-refractivity contribution in [3.63, 3.8) is 0 Å². The average molecular weight is 539 g/mol. The molecule has 6 aromatic rings. The van der Waals surface area contributed by atoms with Gasteiger partial charge < -0.3 is 0 Å². The molecule has 1 heteroatoms. The molecule has 200 valence electrons. The number of rotatable bonds is 3. The SMILES string of the molecule is CC1(C)c2ccccc2-c2ccc(-c3ccc4c(c3)C(=O)c3cc(-c5ccc(-c6ccccc6)cc5)ccc3C4)cc21. The fourth-order valence-corrected chi connectivity index (χ4v) is 6.96. The highest BCUT2D eigenvalue weighted by atomic mass is 16.1. The minimum atomic E-state index is -0.0550. The van der Waals surface area contributed by atoms with E-state index < -0.39 is 0 Å². The fourth-order valence-electron chi connectivity index (χ4n) is 6.96. The molecule has 0 radical (unpaired) electrons. The highest BCUT2D eigenvalue weighted by Gasteiger charge is 2.35. The molecule has 6 aromatic carbocycles. The minimum Gasteiger partial charge on any atom is -0.289 e. The van der Waals surface area contributed by atoms with Crippen LogP contribution in [0.25, 0.3) is 44.5 Å². The Hall–Kier alpha value is -5.01. The lowest BCUT2D eigenvalue weighted by Gasteiger charge is -2.22. The van der Waals surface area contributed by atoms with Gasteiger partial charge in [-0.25, -0.2) is 0 Å². The molecule has 0 aliphatic heterocycles. The van der Waals surface area contributed by atoms with Crippen molar-refractivity contribution >= 4 is 5.78 Å². The van der Waals surface area contributed by atoms with Gasteiger partial charge in [-0.15, -0.1) is 0 Å². The van der Waals surface area contributed by atoms with Crippen LogP contribution in [0, 0.1) is 0 Å². The molecule has 0 heterocycles. The standard InChI is InChI=1S/C41H30O/c1-41(2)38-11-7-6-10-34(38)35-21-20-31(25-39(35)41)30-17-19-33-22-32-18-16-29(23-36(32)40(42)37(33)24-30)28-14-12-27(13-15-28)26-8-4-3-5-9-26/h3-21,23-25H,22H2,1-2H3. The summed E-state index contributed by atoms with van der Waals surface area (Å²) in [5.74, 6) is 0.116. The molecule has 0 unspecified atom stereocenters. The predicted octanol–water partition coefficient (Wildman–Crippen LogP) is 10.1. The molecule has 0 bridgehead atoms. The Labute approximate surface area is 247 Å². The van der Waals surface area contributed by atoms with E-state index in [0.29, 0.717) is 0 Å². The van der Waals surface area contributed by atoms with Crippen molar-refractivity contribution in [3.8, 4) is 44.5 Å². The van der Waals surface area contributed by atoms with E-state index in [1.54, 1.807) is 0 Å². The zero-order chi connectivity index (χ0) is 28.4. The van der Waals surface area contributed by atoms with Crippen LogP contribution in [0.2, 0.25) is 0 Å². The second-order valence-electron chi connectivity index (χ2n) is 12.1. The Bertz CT molecular complexity index is 2030. The van der Waals surface area contributed by atoms with Gasteiger partial charge in [0.1, 0.15) is 0 Å². The Morgan fingerprint density at radius 1 is 0.429 bits per heavy atom. The van der Waals surface area contributed by atoms with Crippen molar-refractivity contribution in [2.45, 2.75) is 25.7 Å². The van der Waals surface area contributed by atoms with Crippen molar-refractivity contribution in [2.24, 2.45) is 0 Å². The monoisotopic (exact) mass is 538 g/mol. The number of fused-ring (bicyclic) bond motifs is 5. The van der Waals surface area contributed by atoms with Gasteiger partial charge >= 0.3 is 0 Å².